The van der Waals surface area contributed by atoms with E-state index in [9.17, 15) is 0 Å². The molecule has 290 valence electrons. The molecule has 0 bridgehead atoms. The maximum Gasteiger partial charge on any atom is 0.163 e. The average Bonchev–Trinajstić information content (AvgIpc) is 3.27. The minimum Gasteiger partial charge on any atom is -0.121 e. The highest BCUT2D eigenvalue weighted by Gasteiger charge is 2.25. The zero-order chi connectivity index (χ0) is 42.1. The molecule has 8 aromatic carbocycles. The van der Waals surface area contributed by atoms with Crippen molar-refractivity contribution in [2.75, 3.05) is 0 Å². The van der Waals surface area contributed by atoms with E-state index in [-0.39, 0.29) is 0 Å². The molecule has 0 aliphatic rings. The Morgan fingerprint density at radius 3 is 0.667 bits per heavy atom. The monoisotopic (exact) mass is 834 g/mol. The molecule has 0 fully saturated rings. The van der Waals surface area contributed by atoms with Crippen molar-refractivity contribution in [3.63, 3.8) is 0 Å². The molecule has 0 saturated heterocycles. The van der Waals surface area contributed by atoms with Crippen molar-refractivity contribution >= 4 is 85.4 Å². The summed E-state index contributed by atoms with van der Waals surface area (Å²) in [7, 11) is -8.35. The Hall–Kier alpha value is -6.09. The molecule has 0 spiro atoms. The van der Waals surface area contributed by atoms with Gasteiger partial charge in [-0.15, -0.1) is 22.2 Å². The van der Waals surface area contributed by atoms with Gasteiger partial charge < -0.3 is 0 Å². The van der Waals surface area contributed by atoms with E-state index in [4.69, 9.17) is 0 Å². The predicted molar refractivity (Wildman–Crippen MR) is 272 cm³/mol. The topological polar surface area (TPSA) is 0 Å². The van der Waals surface area contributed by atoms with Crippen LogP contribution in [0.2, 0.25) is 52.4 Å². The van der Waals surface area contributed by atoms with Gasteiger partial charge in [0.05, 0.1) is 0 Å². The van der Waals surface area contributed by atoms with Crippen LogP contribution in [0.3, 0.4) is 0 Å². The van der Waals surface area contributed by atoms with Gasteiger partial charge in [0.2, 0.25) is 0 Å². The van der Waals surface area contributed by atoms with E-state index in [0.29, 0.717) is 0 Å². The molecule has 0 heterocycles. The Bertz CT molecular complexity index is 2710. The highest BCUT2D eigenvalue weighted by molar-refractivity contribution is 6.97. The van der Waals surface area contributed by atoms with Crippen molar-refractivity contribution < 1.29 is 0 Å². The zero-order valence-corrected chi connectivity index (χ0v) is 40.0. The molecule has 0 N–H and O–H groups in total. The second kappa shape index (κ2) is 16.2. The third kappa shape index (κ3) is 8.22. The van der Waals surface area contributed by atoms with Crippen LogP contribution < -0.4 is 20.7 Å². The molecule has 0 atom stereocenters. The third-order valence-electron chi connectivity index (χ3n) is 11.9. The van der Waals surface area contributed by atoms with Crippen LogP contribution in [0.25, 0.3) is 32.3 Å². The maximum atomic E-state index is 3.83. The van der Waals surface area contributed by atoms with Crippen LogP contribution in [0.15, 0.2) is 158 Å². The molecule has 0 aromatic heterocycles. The second-order valence-electron chi connectivity index (χ2n) is 18.0. The summed E-state index contributed by atoms with van der Waals surface area (Å²) >= 11 is 0. The van der Waals surface area contributed by atoms with Gasteiger partial charge in [-0.25, -0.2) is 0 Å². The van der Waals surface area contributed by atoms with E-state index < -0.39 is 32.3 Å². The fourth-order valence-electron chi connectivity index (χ4n) is 8.01. The summed E-state index contributed by atoms with van der Waals surface area (Å²) in [5, 5.41) is 12.3. The number of benzene rings is 8. The van der Waals surface area contributed by atoms with Crippen LogP contribution in [0.4, 0.5) is 0 Å². The van der Waals surface area contributed by atoms with Crippen molar-refractivity contribution in [1.29, 1.82) is 0 Å². The van der Waals surface area contributed by atoms with Gasteiger partial charge in [0, 0.05) is 22.3 Å². The Morgan fingerprint density at radius 1 is 0.267 bits per heavy atom. The lowest BCUT2D eigenvalue weighted by molar-refractivity contribution is 1.66. The molecule has 0 saturated carbocycles. The first-order valence-corrected chi connectivity index (χ1v) is 32.9. The molecule has 0 amide bonds. The first-order valence-electron chi connectivity index (χ1n) is 20.9. The van der Waals surface area contributed by atoms with Crippen LogP contribution in [-0.4, -0.2) is 32.3 Å². The molecule has 8 aromatic rings. The van der Waals surface area contributed by atoms with Crippen molar-refractivity contribution in [1.82, 2.24) is 0 Å². The predicted octanol–water partition coefficient (Wildman–Crippen LogP) is 10.6. The minimum atomic E-state index is -2.09. The van der Waals surface area contributed by atoms with Crippen LogP contribution in [0.5, 0.6) is 0 Å². The highest BCUT2D eigenvalue weighted by atomic mass is 28.3. The molecule has 0 aliphatic heterocycles. The number of rotatable bonds is 4. The Labute approximate surface area is 361 Å². The first-order chi connectivity index (χ1) is 28.7. The molecule has 0 radical (unpaired) electrons. The molecule has 4 heteroatoms. The molecule has 0 unspecified atom stereocenters. The van der Waals surface area contributed by atoms with Gasteiger partial charge in [0.1, 0.15) is 0 Å². The van der Waals surface area contributed by atoms with Gasteiger partial charge in [0.25, 0.3) is 0 Å². The lowest BCUT2D eigenvalue weighted by Gasteiger charge is -2.18. The summed E-state index contributed by atoms with van der Waals surface area (Å²) in [6, 6.07) is 56.8. The van der Waals surface area contributed by atoms with Crippen molar-refractivity contribution in [3.05, 3.63) is 180 Å². The smallest absolute Gasteiger partial charge is 0.121 e. The standard InChI is InChI=1S/C56H50Si4/c1-57(2,47-21-13-9-14-22-47)37-33-43-41-44(34-38-58(3,4)48-23-15-10-16-24-48)52-31-32-54-46(36-40-60(7,8)50-27-19-12-20-28-50)42-45(53-30-29-51(43)55(52)56(53)54)35-39-59(5,6)49-25-17-11-18-26-49/h9-32,41-42H,1-8H3. The fourth-order valence-corrected chi connectivity index (χ4v) is 14.5. The van der Waals surface area contributed by atoms with Crippen LogP contribution in [-0.2, 0) is 0 Å². The lowest BCUT2D eigenvalue weighted by atomic mass is 9.86. The number of hydrogen-bond acceptors (Lipinski definition) is 0. The van der Waals surface area contributed by atoms with Gasteiger partial charge in [-0.1, -0.05) is 222 Å². The highest BCUT2D eigenvalue weighted by Crippen LogP contribution is 2.40. The van der Waals surface area contributed by atoms with E-state index in [2.05, 4.69) is 256 Å². The minimum absolute atomic E-state index is 1.02. The zero-order valence-electron chi connectivity index (χ0n) is 36.0. The Morgan fingerprint density at radius 2 is 0.467 bits per heavy atom. The van der Waals surface area contributed by atoms with Crippen LogP contribution in [0, 0.1) is 45.9 Å². The van der Waals surface area contributed by atoms with Crippen LogP contribution in [0.1, 0.15) is 22.3 Å². The SMILES string of the molecule is C[Si](C)(C#Cc1cc(C#C[Si](C)(C)c2ccccc2)c2ccc3c(C#C[Si](C)(C)c4ccccc4)cc(C#C[Si](C)(C)c4ccccc4)c4ccc1c2c43)c1ccccc1. The maximum absolute atomic E-state index is 3.83. The van der Waals surface area contributed by atoms with E-state index in [1.807, 2.05) is 0 Å². The third-order valence-corrected chi connectivity index (χ3v) is 22.0. The van der Waals surface area contributed by atoms with Crippen LogP contribution >= 0.6 is 0 Å². The van der Waals surface area contributed by atoms with Gasteiger partial charge in [-0.3, -0.25) is 0 Å². The largest absolute Gasteiger partial charge is 0.163 e. The van der Waals surface area contributed by atoms with Crippen molar-refractivity contribution in [3.8, 4) is 45.9 Å². The number of hydrogen-bond donors (Lipinski definition) is 0. The summed E-state index contributed by atoms with van der Waals surface area (Å²) in [5.74, 6) is 15.1. The normalized spacial score (nSPS) is 11.8. The van der Waals surface area contributed by atoms with Gasteiger partial charge in [-0.05, 0) is 65.2 Å². The summed E-state index contributed by atoms with van der Waals surface area (Å²) in [6.45, 7) is 18.7. The Kier molecular flexibility index (Phi) is 11.0. The fraction of sp³-hybridized carbons (Fsp3) is 0.143. The van der Waals surface area contributed by atoms with Crippen molar-refractivity contribution in [2.24, 2.45) is 0 Å². The molecule has 0 nitrogen and oxygen atoms in total. The Balaban J connectivity index is 1.43. The van der Waals surface area contributed by atoms with Gasteiger partial charge in [-0.2, -0.15) is 0 Å². The molecule has 0 aliphatic carbocycles. The summed E-state index contributed by atoms with van der Waals surface area (Å²) in [4.78, 5) is 0. The molecular weight excluding hydrogens is 785 g/mol. The summed E-state index contributed by atoms with van der Waals surface area (Å²) in [5.41, 5.74) is 19.4. The van der Waals surface area contributed by atoms with E-state index >= 15 is 0 Å². The van der Waals surface area contributed by atoms with E-state index in [1.165, 1.54) is 31.5 Å². The first kappa shape index (κ1) is 40.7. The van der Waals surface area contributed by atoms with Gasteiger partial charge >= 0.3 is 0 Å². The average molecular weight is 835 g/mol. The summed E-state index contributed by atoms with van der Waals surface area (Å²) < 4.78 is 0. The molecule has 8 rings (SSSR count). The van der Waals surface area contributed by atoms with E-state index in [0.717, 1.165) is 43.8 Å². The van der Waals surface area contributed by atoms with E-state index in [1.54, 1.807) is 0 Å². The lowest BCUT2D eigenvalue weighted by Crippen LogP contribution is -2.40. The van der Waals surface area contributed by atoms with Gasteiger partial charge in [0.15, 0.2) is 32.3 Å². The summed E-state index contributed by atoms with van der Waals surface area (Å²) in [6.07, 6.45) is 0. The molecular formula is C56H50Si4. The second-order valence-corrected chi connectivity index (χ2v) is 34.3. The van der Waals surface area contributed by atoms with Crippen molar-refractivity contribution in [2.45, 2.75) is 52.4 Å². The molecule has 60 heavy (non-hydrogen) atoms. The quantitative estimate of drug-likeness (QED) is 0.0941.